The fourth-order valence-corrected chi connectivity index (χ4v) is 3.65. The first-order valence-electron chi connectivity index (χ1n) is 7.86. The minimum absolute atomic E-state index is 0.0635. The molecule has 134 valence electrons. The van der Waals surface area contributed by atoms with E-state index in [9.17, 15) is 22.4 Å². The third-order valence-corrected chi connectivity index (χ3v) is 5.49. The Balaban J connectivity index is 2.11. The lowest BCUT2D eigenvalue weighted by atomic mass is 10.00. The van der Waals surface area contributed by atoms with E-state index in [0.29, 0.717) is 4.88 Å². The zero-order valence-corrected chi connectivity index (χ0v) is 14.8. The average molecular weight is 378 g/mol. The summed E-state index contributed by atoms with van der Waals surface area (Å²) in [4.78, 5) is 12.2. The van der Waals surface area contributed by atoms with Gasteiger partial charge in [0.15, 0.2) is 29.6 Å². The fourth-order valence-electron chi connectivity index (χ4n) is 2.62. The van der Waals surface area contributed by atoms with Gasteiger partial charge in [0.1, 0.15) is 0 Å². The quantitative estimate of drug-likeness (QED) is 0.370. The first-order chi connectivity index (χ1) is 12.3. The molecule has 26 heavy (non-hydrogen) atoms. The minimum atomic E-state index is -1.39. The van der Waals surface area contributed by atoms with Gasteiger partial charge in [-0.05, 0) is 30.2 Å². The van der Waals surface area contributed by atoms with E-state index in [2.05, 4.69) is 0 Å². The highest BCUT2D eigenvalue weighted by molar-refractivity contribution is 7.15. The Morgan fingerprint density at radius 3 is 1.88 bits per heavy atom. The summed E-state index contributed by atoms with van der Waals surface area (Å²) in [5.74, 6) is -4.91. The van der Waals surface area contributed by atoms with Crippen molar-refractivity contribution in [2.75, 3.05) is 0 Å². The van der Waals surface area contributed by atoms with Crippen molar-refractivity contribution >= 4 is 17.6 Å². The zero-order chi connectivity index (χ0) is 19.0. The van der Waals surface area contributed by atoms with E-state index in [-0.39, 0.29) is 17.8 Å². The number of carbonyl (C=O) groups excluding carboxylic acids is 1. The van der Waals surface area contributed by atoms with Crippen LogP contribution in [0.4, 0.5) is 17.6 Å². The number of hydrogen-bond acceptors (Lipinski definition) is 2. The van der Waals surface area contributed by atoms with Crippen molar-refractivity contribution in [1.29, 1.82) is 0 Å². The number of benzene rings is 2. The lowest BCUT2D eigenvalue weighted by Crippen LogP contribution is -1.99. The van der Waals surface area contributed by atoms with Crippen LogP contribution < -0.4 is 0 Å². The SMILES string of the molecule is CC(C)c1ccc(-c2ccc(-c3ccc(C=O)c(F)c3F)c(F)c2F)s1. The molecule has 2 aromatic carbocycles. The van der Waals surface area contributed by atoms with Crippen molar-refractivity contribution < 1.29 is 22.4 Å². The van der Waals surface area contributed by atoms with E-state index < -0.39 is 40.0 Å². The van der Waals surface area contributed by atoms with Gasteiger partial charge >= 0.3 is 0 Å². The molecule has 1 heterocycles. The highest BCUT2D eigenvalue weighted by Gasteiger charge is 2.21. The normalized spacial score (nSPS) is 11.2. The lowest BCUT2D eigenvalue weighted by molar-refractivity contribution is 0.111. The Hall–Kier alpha value is -2.47. The van der Waals surface area contributed by atoms with Crippen molar-refractivity contribution in [3.63, 3.8) is 0 Å². The van der Waals surface area contributed by atoms with Crippen molar-refractivity contribution in [3.05, 3.63) is 70.1 Å². The first kappa shape index (κ1) is 18.3. The van der Waals surface area contributed by atoms with Crippen LogP contribution in [0.1, 0.15) is 35.0 Å². The van der Waals surface area contributed by atoms with Crippen molar-refractivity contribution in [2.24, 2.45) is 0 Å². The molecule has 6 heteroatoms. The Kier molecular flexibility index (Phi) is 4.96. The standard InChI is InChI=1S/C20H14F4OS/c1-10(2)15-7-8-16(26-15)14-6-5-13(19(23)20(14)24)12-4-3-11(9-25)17(21)18(12)22/h3-10H,1-2H3. The van der Waals surface area contributed by atoms with E-state index in [1.165, 1.54) is 23.5 Å². The number of thiophene rings is 1. The van der Waals surface area contributed by atoms with Crippen molar-refractivity contribution in [2.45, 2.75) is 19.8 Å². The van der Waals surface area contributed by atoms with Gasteiger partial charge in [-0.1, -0.05) is 26.0 Å². The Bertz CT molecular complexity index is 992. The zero-order valence-electron chi connectivity index (χ0n) is 13.9. The van der Waals surface area contributed by atoms with Crippen LogP contribution in [0.3, 0.4) is 0 Å². The van der Waals surface area contributed by atoms with E-state index in [0.717, 1.165) is 17.0 Å². The van der Waals surface area contributed by atoms with Crippen LogP contribution in [0.2, 0.25) is 0 Å². The largest absolute Gasteiger partial charge is 0.298 e. The van der Waals surface area contributed by atoms with Crippen LogP contribution in [0.15, 0.2) is 36.4 Å². The van der Waals surface area contributed by atoms with Crippen molar-refractivity contribution in [3.8, 4) is 21.6 Å². The number of carbonyl (C=O) groups is 1. The minimum Gasteiger partial charge on any atom is -0.298 e. The summed E-state index contributed by atoms with van der Waals surface area (Å²) in [7, 11) is 0. The lowest BCUT2D eigenvalue weighted by Gasteiger charge is -2.10. The van der Waals surface area contributed by atoms with E-state index in [4.69, 9.17) is 0 Å². The molecule has 3 aromatic rings. The highest BCUT2D eigenvalue weighted by atomic mass is 32.1. The second-order valence-electron chi connectivity index (χ2n) is 6.09. The Morgan fingerprint density at radius 2 is 1.31 bits per heavy atom. The summed E-state index contributed by atoms with van der Waals surface area (Å²) in [5, 5.41) is 0. The third-order valence-electron chi connectivity index (χ3n) is 4.07. The van der Waals surface area contributed by atoms with Gasteiger partial charge in [0.25, 0.3) is 0 Å². The molecule has 1 aromatic heterocycles. The number of aldehydes is 1. The van der Waals surface area contributed by atoms with Crippen LogP contribution >= 0.6 is 11.3 Å². The Morgan fingerprint density at radius 1 is 0.769 bits per heavy atom. The molecule has 1 nitrogen and oxygen atoms in total. The van der Waals surface area contributed by atoms with Gasteiger partial charge < -0.3 is 0 Å². The van der Waals surface area contributed by atoms with Gasteiger partial charge in [-0.25, -0.2) is 17.6 Å². The summed E-state index contributed by atoms with van der Waals surface area (Å²) in [6.45, 7) is 3.99. The molecular formula is C20H14F4OS. The maximum absolute atomic E-state index is 14.6. The predicted octanol–water partition coefficient (Wildman–Crippen LogP) is 6.57. The topological polar surface area (TPSA) is 17.1 Å². The molecule has 0 spiro atoms. The number of hydrogen-bond donors (Lipinski definition) is 0. The molecule has 0 fully saturated rings. The summed E-state index contributed by atoms with van der Waals surface area (Å²) < 4.78 is 57.1. The van der Waals surface area contributed by atoms with E-state index >= 15 is 0 Å². The summed E-state index contributed by atoms with van der Waals surface area (Å²) in [6, 6.07) is 8.19. The summed E-state index contributed by atoms with van der Waals surface area (Å²) in [6.07, 6.45) is 0.158. The molecule has 0 unspecified atom stereocenters. The fraction of sp³-hybridized carbons (Fsp3) is 0.150. The monoisotopic (exact) mass is 378 g/mol. The maximum Gasteiger partial charge on any atom is 0.169 e. The maximum atomic E-state index is 14.6. The van der Waals surface area contributed by atoms with Gasteiger partial charge in [0.2, 0.25) is 0 Å². The third kappa shape index (κ3) is 3.05. The van der Waals surface area contributed by atoms with Gasteiger partial charge in [0, 0.05) is 26.4 Å². The molecule has 0 amide bonds. The van der Waals surface area contributed by atoms with Crippen LogP contribution in [0.5, 0.6) is 0 Å². The number of rotatable bonds is 4. The number of halogens is 4. The predicted molar refractivity (Wildman–Crippen MR) is 94.5 cm³/mol. The van der Waals surface area contributed by atoms with E-state index in [1.807, 2.05) is 19.9 Å². The molecular weight excluding hydrogens is 364 g/mol. The van der Waals surface area contributed by atoms with Gasteiger partial charge in [0.05, 0.1) is 5.56 Å². The van der Waals surface area contributed by atoms with E-state index in [1.54, 1.807) is 6.07 Å². The first-order valence-corrected chi connectivity index (χ1v) is 8.68. The molecule has 0 N–H and O–H groups in total. The molecule has 0 atom stereocenters. The van der Waals surface area contributed by atoms with Crippen LogP contribution in [-0.4, -0.2) is 6.29 Å². The molecule has 0 saturated carbocycles. The second-order valence-corrected chi connectivity index (χ2v) is 7.21. The van der Waals surface area contributed by atoms with Gasteiger partial charge in [-0.2, -0.15) is 0 Å². The summed E-state index contributed by atoms with van der Waals surface area (Å²) in [5.41, 5.74) is -1.26. The van der Waals surface area contributed by atoms with Gasteiger partial charge in [-0.3, -0.25) is 4.79 Å². The smallest absolute Gasteiger partial charge is 0.169 e. The average Bonchev–Trinajstić information content (AvgIpc) is 3.10. The molecule has 0 bridgehead atoms. The molecule has 0 aliphatic heterocycles. The Labute approximate surface area is 151 Å². The van der Waals surface area contributed by atoms with Crippen LogP contribution in [-0.2, 0) is 0 Å². The highest BCUT2D eigenvalue weighted by Crippen LogP contribution is 2.37. The molecule has 0 aliphatic rings. The molecule has 0 radical (unpaired) electrons. The summed E-state index contributed by atoms with van der Waals surface area (Å²) >= 11 is 1.35. The van der Waals surface area contributed by atoms with Gasteiger partial charge in [-0.15, -0.1) is 11.3 Å². The second kappa shape index (κ2) is 7.03. The van der Waals surface area contributed by atoms with Crippen LogP contribution in [0.25, 0.3) is 21.6 Å². The van der Waals surface area contributed by atoms with Crippen molar-refractivity contribution in [1.82, 2.24) is 0 Å². The molecule has 0 saturated heterocycles. The molecule has 3 rings (SSSR count). The molecule has 0 aliphatic carbocycles. The van der Waals surface area contributed by atoms with Crippen LogP contribution in [0, 0.1) is 23.3 Å².